The van der Waals surface area contributed by atoms with Gasteiger partial charge in [0.2, 0.25) is 0 Å². The topological polar surface area (TPSA) is 40.5 Å². The Labute approximate surface area is 173 Å². The van der Waals surface area contributed by atoms with Crippen LogP contribution >= 0.6 is 0 Å². The lowest BCUT2D eigenvalue weighted by Gasteiger charge is -2.61. The summed E-state index contributed by atoms with van der Waals surface area (Å²) >= 11 is 0. The summed E-state index contributed by atoms with van der Waals surface area (Å²) in [5, 5.41) is 20.2. The Morgan fingerprint density at radius 2 is 1.57 bits per heavy atom. The van der Waals surface area contributed by atoms with Crippen LogP contribution in [0.3, 0.4) is 0 Å². The molecule has 0 aromatic carbocycles. The van der Waals surface area contributed by atoms with E-state index in [1.54, 1.807) is 0 Å². The third-order valence-corrected chi connectivity index (χ3v) is 10.4. The van der Waals surface area contributed by atoms with Gasteiger partial charge in [0.25, 0.3) is 0 Å². The molecule has 4 saturated carbocycles. The number of fused-ring (bicyclic) bond motifs is 5. The minimum atomic E-state index is -0.498. The monoisotopic (exact) mass is 390 g/mol. The summed E-state index contributed by atoms with van der Waals surface area (Å²) in [6.45, 7) is 9.15. The largest absolute Gasteiger partial charge is 0.393 e. The van der Waals surface area contributed by atoms with Crippen molar-refractivity contribution in [2.24, 2.45) is 40.4 Å². The van der Waals surface area contributed by atoms with Crippen LogP contribution in [0.15, 0.2) is 0 Å². The molecule has 6 unspecified atom stereocenters. The maximum absolute atomic E-state index is 10.2. The van der Waals surface area contributed by atoms with Crippen molar-refractivity contribution >= 4 is 0 Å². The average molecular weight is 391 g/mol. The second kappa shape index (κ2) is 7.56. The zero-order valence-corrected chi connectivity index (χ0v) is 19.1. The normalized spacial score (nSPS) is 48.6. The Hall–Kier alpha value is -0.0800. The molecule has 2 N–H and O–H groups in total. The van der Waals surface area contributed by atoms with E-state index in [2.05, 4.69) is 13.8 Å². The van der Waals surface area contributed by atoms with E-state index in [-0.39, 0.29) is 6.10 Å². The summed E-state index contributed by atoms with van der Waals surface area (Å²) in [7, 11) is 0. The predicted octanol–water partition coefficient (Wildman–Crippen LogP) is 6.34. The van der Waals surface area contributed by atoms with E-state index in [1.165, 1.54) is 64.2 Å². The highest BCUT2D eigenvalue weighted by Crippen LogP contribution is 2.67. The zero-order chi connectivity index (χ0) is 20.2. The van der Waals surface area contributed by atoms with E-state index >= 15 is 0 Å². The number of unbranched alkanes of at least 4 members (excludes halogenated alkanes) is 1. The van der Waals surface area contributed by atoms with Crippen LogP contribution in [0.2, 0.25) is 0 Å². The molecule has 4 fully saturated rings. The highest BCUT2D eigenvalue weighted by Gasteiger charge is 2.59. The first kappa shape index (κ1) is 21.2. The first-order valence-corrected chi connectivity index (χ1v) is 12.5. The summed E-state index contributed by atoms with van der Waals surface area (Å²) in [6.07, 6.45) is 16.8. The van der Waals surface area contributed by atoms with Crippen LogP contribution in [0.25, 0.3) is 0 Å². The lowest BCUT2D eigenvalue weighted by molar-refractivity contribution is -0.127. The first-order valence-electron chi connectivity index (χ1n) is 12.5. The fourth-order valence-corrected chi connectivity index (χ4v) is 8.77. The van der Waals surface area contributed by atoms with E-state index in [4.69, 9.17) is 0 Å². The van der Waals surface area contributed by atoms with Gasteiger partial charge in [-0.3, -0.25) is 0 Å². The fourth-order valence-electron chi connectivity index (χ4n) is 8.77. The average Bonchev–Trinajstić information content (AvgIpc) is 2.95. The zero-order valence-electron chi connectivity index (χ0n) is 19.1. The molecule has 0 aromatic rings. The minimum Gasteiger partial charge on any atom is -0.393 e. The molecule has 0 heterocycles. The van der Waals surface area contributed by atoms with Gasteiger partial charge in [0.05, 0.1) is 11.7 Å². The van der Waals surface area contributed by atoms with Gasteiger partial charge in [-0.25, -0.2) is 0 Å². The van der Waals surface area contributed by atoms with Crippen molar-refractivity contribution in [3.05, 3.63) is 0 Å². The lowest BCUT2D eigenvalue weighted by atomic mass is 9.44. The van der Waals surface area contributed by atoms with Crippen LogP contribution in [0.4, 0.5) is 0 Å². The first-order chi connectivity index (χ1) is 13.1. The van der Waals surface area contributed by atoms with E-state index in [0.29, 0.717) is 10.8 Å². The fraction of sp³-hybridized carbons (Fsp3) is 1.00. The van der Waals surface area contributed by atoms with Gasteiger partial charge in [0.15, 0.2) is 0 Å². The van der Waals surface area contributed by atoms with Crippen LogP contribution in [0.5, 0.6) is 0 Å². The highest BCUT2D eigenvalue weighted by atomic mass is 16.3. The summed E-state index contributed by atoms with van der Waals surface area (Å²) in [5.41, 5.74) is 0.587. The van der Waals surface area contributed by atoms with E-state index in [9.17, 15) is 10.2 Å². The number of rotatable bonds is 5. The molecular formula is C26H46O2. The molecule has 0 aliphatic heterocycles. The molecule has 2 heteroatoms. The second-order valence-electron chi connectivity index (χ2n) is 12.5. The minimum absolute atomic E-state index is 0.0248. The van der Waals surface area contributed by atoms with Gasteiger partial charge in [-0.1, -0.05) is 26.7 Å². The number of aliphatic hydroxyl groups excluding tert-OH is 1. The van der Waals surface area contributed by atoms with Crippen LogP contribution in [-0.4, -0.2) is 21.9 Å². The molecule has 2 nitrogen and oxygen atoms in total. The lowest BCUT2D eigenvalue weighted by Crippen LogP contribution is -2.53. The quantitative estimate of drug-likeness (QED) is 0.538. The number of hydrogen-bond acceptors (Lipinski definition) is 2. The molecule has 0 amide bonds. The third-order valence-electron chi connectivity index (χ3n) is 10.4. The van der Waals surface area contributed by atoms with Gasteiger partial charge < -0.3 is 10.2 Å². The Morgan fingerprint density at radius 3 is 2.32 bits per heavy atom. The van der Waals surface area contributed by atoms with Crippen molar-refractivity contribution in [2.45, 2.75) is 123 Å². The molecule has 0 bridgehead atoms. The summed E-state index contributed by atoms with van der Waals surface area (Å²) in [4.78, 5) is 0. The molecule has 8 atom stereocenters. The van der Waals surface area contributed by atoms with Crippen molar-refractivity contribution in [3.8, 4) is 0 Å². The Balaban J connectivity index is 1.41. The Morgan fingerprint density at radius 1 is 0.857 bits per heavy atom. The maximum Gasteiger partial charge on any atom is 0.0591 e. The van der Waals surface area contributed by atoms with Gasteiger partial charge in [0, 0.05) is 0 Å². The smallest absolute Gasteiger partial charge is 0.0591 e. The van der Waals surface area contributed by atoms with Gasteiger partial charge in [-0.2, -0.15) is 0 Å². The SMILES string of the molecule is CC(C)(O)CCCC[C@H]1CCC2C3CCC4CC(O)CC[C@]4(C)C3CCC21C. The Bertz CT molecular complexity index is 551. The van der Waals surface area contributed by atoms with Gasteiger partial charge in [-0.05, 0) is 125 Å². The molecule has 0 spiro atoms. The molecule has 0 saturated heterocycles. The molecule has 4 aliphatic rings. The molecule has 4 rings (SSSR count). The summed E-state index contributed by atoms with van der Waals surface area (Å²) in [5.74, 6) is 4.53. The van der Waals surface area contributed by atoms with Gasteiger partial charge >= 0.3 is 0 Å². The Kier molecular flexibility index (Phi) is 5.71. The van der Waals surface area contributed by atoms with E-state index in [1.807, 2.05) is 13.8 Å². The van der Waals surface area contributed by atoms with Crippen LogP contribution in [0, 0.1) is 40.4 Å². The van der Waals surface area contributed by atoms with Crippen molar-refractivity contribution in [2.75, 3.05) is 0 Å². The number of aliphatic hydroxyl groups is 2. The van der Waals surface area contributed by atoms with Crippen molar-refractivity contribution in [1.29, 1.82) is 0 Å². The second-order valence-corrected chi connectivity index (χ2v) is 12.5. The maximum atomic E-state index is 10.2. The third kappa shape index (κ3) is 3.70. The summed E-state index contributed by atoms with van der Waals surface area (Å²) < 4.78 is 0. The number of hydrogen-bond donors (Lipinski definition) is 2. The molecule has 4 aliphatic carbocycles. The van der Waals surface area contributed by atoms with E-state index < -0.39 is 5.60 Å². The van der Waals surface area contributed by atoms with Crippen molar-refractivity contribution in [3.63, 3.8) is 0 Å². The van der Waals surface area contributed by atoms with E-state index in [0.717, 1.165) is 48.9 Å². The highest BCUT2D eigenvalue weighted by molar-refractivity contribution is 5.09. The summed E-state index contributed by atoms with van der Waals surface area (Å²) in [6, 6.07) is 0. The van der Waals surface area contributed by atoms with Crippen molar-refractivity contribution < 1.29 is 10.2 Å². The molecule has 0 radical (unpaired) electrons. The predicted molar refractivity (Wildman–Crippen MR) is 116 cm³/mol. The standard InChI is InChI=1S/C26H46O2/c1-24(2,28)14-6-5-7-18-9-11-22-21-10-8-19-17-20(27)12-15-26(19,4)23(21)13-16-25(18,22)3/h18-23,27-28H,5-17H2,1-4H3/t18-,19?,20?,21?,22?,23?,25?,26-/m0/s1. The van der Waals surface area contributed by atoms with Gasteiger partial charge in [0.1, 0.15) is 0 Å². The molecule has 28 heavy (non-hydrogen) atoms. The van der Waals surface area contributed by atoms with Crippen molar-refractivity contribution in [1.82, 2.24) is 0 Å². The van der Waals surface area contributed by atoms with Crippen LogP contribution in [-0.2, 0) is 0 Å². The molecule has 162 valence electrons. The molecule has 0 aromatic heterocycles. The van der Waals surface area contributed by atoms with Crippen LogP contribution < -0.4 is 0 Å². The molecular weight excluding hydrogens is 344 g/mol. The van der Waals surface area contributed by atoms with Gasteiger partial charge in [-0.15, -0.1) is 0 Å². The van der Waals surface area contributed by atoms with Crippen LogP contribution in [0.1, 0.15) is 111 Å².